The molecule has 0 aliphatic carbocycles. The molecular weight excluding hydrogens is 1020 g/mol. The highest BCUT2D eigenvalue weighted by Gasteiger charge is 2.33. The number of anilines is 1. The maximum absolute atomic E-state index is 11.7. The normalized spacial score (nSPS) is 14.3. The molecule has 1 aliphatic heterocycles. The predicted octanol–water partition coefficient (Wildman–Crippen LogP) is 12.9. The highest BCUT2D eigenvalue weighted by molar-refractivity contribution is 9.10. The first-order valence-electron chi connectivity index (χ1n) is 25.1. The molecule has 0 bridgehead atoms. The second-order valence-electron chi connectivity index (χ2n) is 18.7. The fraction of sp³-hybridized carbons (Fsp3) is 0.197. The number of fused-ring (bicyclic) bond motifs is 2. The minimum atomic E-state index is -0.873. The lowest BCUT2D eigenvalue weighted by Gasteiger charge is -2.43. The first-order chi connectivity index (χ1) is 37.0. The van der Waals surface area contributed by atoms with Crippen molar-refractivity contribution in [3.63, 3.8) is 0 Å². The molecule has 4 aromatic heterocycles. The SMILES string of the molecule is C[C@@H]1CN(c2ccc3c(-c4ccc(OCc5ccccc5)nc4OCc4ccccc4)nn(C)c3c2)C[C@H](C)N1C(=O)O.Cn1nc(-c2ccc(OCc3ccccc3)nc2OCc2ccccc2)c2ccc(Br)cc21. The molecule has 76 heavy (non-hydrogen) atoms. The van der Waals surface area contributed by atoms with Gasteiger partial charge in [0.2, 0.25) is 23.5 Å². The molecule has 1 saturated heterocycles. The standard InChI is InChI=1S/C34H35N5O4.C27H22BrN3O2/c1-23-19-38(20-24(2)39(23)34(40)41)27-14-15-28-30(18-27)37(3)36-32(28)29-16-17-31(42-21-25-10-6-4-7-11-25)35-33(29)43-22-26-12-8-5-9-13-26;1-31-24-16-21(28)12-13-22(24)26(30-31)23-14-15-25(32-17-19-8-4-2-5-9-19)29-27(23)33-18-20-10-6-3-7-11-20/h4-18,23-24H,19-22H2,1-3H3,(H,40,41);2-16H,17-18H2,1H3/t23-,24+;. The van der Waals surface area contributed by atoms with Gasteiger partial charge in [-0.2, -0.15) is 20.2 Å². The number of aryl methyl sites for hydroxylation is 2. The van der Waals surface area contributed by atoms with E-state index in [0.717, 1.165) is 76.7 Å². The van der Waals surface area contributed by atoms with E-state index < -0.39 is 6.09 Å². The van der Waals surface area contributed by atoms with Crippen LogP contribution in [-0.4, -0.2) is 70.8 Å². The number of hydrogen-bond acceptors (Lipinski definition) is 10. The molecule has 0 saturated carbocycles. The van der Waals surface area contributed by atoms with E-state index in [1.165, 1.54) is 4.90 Å². The number of piperazine rings is 1. The fourth-order valence-electron chi connectivity index (χ4n) is 9.48. The lowest BCUT2D eigenvalue weighted by Crippen LogP contribution is -2.58. The average Bonchev–Trinajstić information content (AvgIpc) is 3.95. The van der Waals surface area contributed by atoms with Crippen molar-refractivity contribution < 1.29 is 28.8 Å². The molecule has 384 valence electrons. The van der Waals surface area contributed by atoms with Crippen molar-refractivity contribution in [2.75, 3.05) is 18.0 Å². The molecule has 2 atom stereocenters. The quantitative estimate of drug-likeness (QED) is 0.105. The minimum Gasteiger partial charge on any atom is -0.473 e. The summed E-state index contributed by atoms with van der Waals surface area (Å²) in [6.07, 6.45) is -0.873. The summed E-state index contributed by atoms with van der Waals surface area (Å²) in [5.74, 6) is 1.92. The smallest absolute Gasteiger partial charge is 0.407 e. The van der Waals surface area contributed by atoms with Crippen molar-refractivity contribution in [2.24, 2.45) is 14.1 Å². The van der Waals surface area contributed by atoms with Crippen LogP contribution in [0.1, 0.15) is 36.1 Å². The van der Waals surface area contributed by atoms with Gasteiger partial charge in [-0.3, -0.25) is 14.3 Å². The van der Waals surface area contributed by atoms with E-state index >= 15 is 0 Å². The van der Waals surface area contributed by atoms with Crippen molar-refractivity contribution in [2.45, 2.75) is 52.4 Å². The van der Waals surface area contributed by atoms with Gasteiger partial charge in [-0.15, -0.1) is 0 Å². The molecule has 14 nitrogen and oxygen atoms in total. The van der Waals surface area contributed by atoms with E-state index in [1.807, 2.05) is 189 Å². The zero-order valence-corrected chi connectivity index (χ0v) is 44.2. The number of benzene rings is 6. The fourth-order valence-corrected chi connectivity index (χ4v) is 9.83. The Morgan fingerprint density at radius 3 is 1.34 bits per heavy atom. The van der Waals surface area contributed by atoms with Crippen LogP contribution in [0.3, 0.4) is 0 Å². The Morgan fingerprint density at radius 2 is 0.921 bits per heavy atom. The van der Waals surface area contributed by atoms with Gasteiger partial charge in [0.05, 0.1) is 34.2 Å². The van der Waals surface area contributed by atoms with Crippen LogP contribution in [0.4, 0.5) is 10.5 Å². The van der Waals surface area contributed by atoms with Crippen molar-refractivity contribution in [3.05, 3.63) is 209 Å². The van der Waals surface area contributed by atoms with Crippen LogP contribution in [0.25, 0.3) is 44.3 Å². The molecule has 10 aromatic rings. The molecule has 1 fully saturated rings. The first-order valence-corrected chi connectivity index (χ1v) is 25.9. The van der Waals surface area contributed by atoms with Gasteiger partial charge in [0.15, 0.2) is 0 Å². The lowest BCUT2D eigenvalue weighted by molar-refractivity contribution is 0.0982. The van der Waals surface area contributed by atoms with Gasteiger partial charge in [-0.25, -0.2) is 4.79 Å². The second-order valence-corrected chi connectivity index (χ2v) is 19.6. The van der Waals surface area contributed by atoms with Gasteiger partial charge >= 0.3 is 6.09 Å². The summed E-state index contributed by atoms with van der Waals surface area (Å²) in [4.78, 5) is 25.0. The summed E-state index contributed by atoms with van der Waals surface area (Å²) in [6.45, 7) is 6.75. The van der Waals surface area contributed by atoms with Crippen LogP contribution >= 0.6 is 15.9 Å². The molecule has 1 N–H and O–H groups in total. The molecule has 6 aromatic carbocycles. The number of hydrogen-bond donors (Lipinski definition) is 1. The van der Waals surface area contributed by atoms with Gasteiger partial charge < -0.3 is 29.0 Å². The van der Waals surface area contributed by atoms with E-state index in [-0.39, 0.29) is 12.1 Å². The van der Waals surface area contributed by atoms with Crippen LogP contribution in [0.5, 0.6) is 23.5 Å². The number of amides is 1. The summed E-state index contributed by atoms with van der Waals surface area (Å²) in [5, 5.41) is 21.3. The van der Waals surface area contributed by atoms with Gasteiger partial charge in [0.1, 0.15) is 37.8 Å². The third kappa shape index (κ3) is 11.8. The molecule has 0 radical (unpaired) electrons. The van der Waals surface area contributed by atoms with Crippen molar-refractivity contribution in [1.29, 1.82) is 0 Å². The largest absolute Gasteiger partial charge is 0.473 e. The summed E-state index contributed by atoms with van der Waals surface area (Å²) < 4.78 is 29.2. The number of carbonyl (C=O) groups is 1. The van der Waals surface area contributed by atoms with Gasteiger partial charge in [-0.1, -0.05) is 137 Å². The molecule has 1 amide bonds. The van der Waals surface area contributed by atoms with E-state index in [1.54, 1.807) is 0 Å². The summed E-state index contributed by atoms with van der Waals surface area (Å²) >= 11 is 3.55. The Bertz CT molecular complexity index is 3570. The van der Waals surface area contributed by atoms with Crippen LogP contribution in [0, 0.1) is 0 Å². The monoisotopic (exact) mass is 1080 g/mol. The van der Waals surface area contributed by atoms with Crippen molar-refractivity contribution >= 4 is 49.5 Å². The molecule has 15 heteroatoms. The van der Waals surface area contributed by atoms with Gasteiger partial charge in [-0.05, 0) is 84.6 Å². The number of nitrogens with zero attached hydrogens (tertiary/aromatic N) is 8. The Labute approximate surface area is 449 Å². The molecule has 11 rings (SSSR count). The molecular formula is C61H57BrN8O6. The summed E-state index contributed by atoms with van der Waals surface area (Å²) in [7, 11) is 3.87. The van der Waals surface area contributed by atoms with Crippen LogP contribution in [0.2, 0.25) is 0 Å². The van der Waals surface area contributed by atoms with Gasteiger partial charge in [0, 0.05) is 60.3 Å². The second kappa shape index (κ2) is 23.2. The zero-order chi connectivity index (χ0) is 52.5. The third-order valence-electron chi connectivity index (χ3n) is 13.2. The lowest BCUT2D eigenvalue weighted by atomic mass is 10.1. The number of ether oxygens (including phenoxy) is 4. The highest BCUT2D eigenvalue weighted by atomic mass is 79.9. The summed E-state index contributed by atoms with van der Waals surface area (Å²) in [6, 6.07) is 59.9. The van der Waals surface area contributed by atoms with E-state index in [9.17, 15) is 9.90 Å². The Hall–Kier alpha value is -8.69. The van der Waals surface area contributed by atoms with E-state index in [4.69, 9.17) is 39.1 Å². The minimum absolute atomic E-state index is 0.114. The molecule has 1 aliphatic rings. The highest BCUT2D eigenvalue weighted by Crippen LogP contribution is 2.38. The van der Waals surface area contributed by atoms with Crippen LogP contribution in [0.15, 0.2) is 186 Å². The van der Waals surface area contributed by atoms with Gasteiger partial charge in [0.25, 0.3) is 0 Å². The average molecular weight is 1080 g/mol. The van der Waals surface area contributed by atoms with Crippen molar-refractivity contribution in [1.82, 2.24) is 34.4 Å². The Kier molecular flexibility index (Phi) is 15.5. The number of rotatable bonds is 15. The van der Waals surface area contributed by atoms with Crippen molar-refractivity contribution in [3.8, 4) is 46.0 Å². The maximum atomic E-state index is 11.7. The topological polar surface area (TPSA) is 142 Å². The molecule has 0 spiro atoms. The third-order valence-corrected chi connectivity index (χ3v) is 13.7. The van der Waals surface area contributed by atoms with E-state index in [2.05, 4.69) is 51.2 Å². The zero-order valence-electron chi connectivity index (χ0n) is 42.7. The van der Waals surface area contributed by atoms with Crippen LogP contribution in [-0.2, 0) is 40.5 Å². The van der Waals surface area contributed by atoms with Crippen LogP contribution < -0.4 is 23.8 Å². The number of pyridine rings is 2. The number of carboxylic acid groups (broad SMARTS) is 1. The Morgan fingerprint density at radius 1 is 0.526 bits per heavy atom. The first kappa shape index (κ1) is 50.8. The predicted molar refractivity (Wildman–Crippen MR) is 300 cm³/mol. The van der Waals surface area contributed by atoms with E-state index in [0.29, 0.717) is 63.0 Å². The number of aromatic nitrogens is 6. The molecule has 5 heterocycles. The number of halogens is 1. The Balaban J connectivity index is 0.000000179. The molecule has 0 unspecified atom stereocenters. The maximum Gasteiger partial charge on any atom is 0.407 e. The summed E-state index contributed by atoms with van der Waals surface area (Å²) in [5.41, 5.74) is 10.5.